The van der Waals surface area contributed by atoms with Crippen LogP contribution in [0, 0.1) is 34.0 Å². The number of ketones is 1. The summed E-state index contributed by atoms with van der Waals surface area (Å²) in [6.07, 6.45) is 3.01. The van der Waals surface area contributed by atoms with Crippen molar-refractivity contribution in [2.24, 2.45) is 34.0 Å². The van der Waals surface area contributed by atoms with E-state index in [9.17, 15) is 24.9 Å². The average Bonchev–Trinajstić information content (AvgIpc) is 3.04. The van der Waals surface area contributed by atoms with Crippen LogP contribution in [0.2, 0.25) is 0 Å². The zero-order valence-corrected chi connectivity index (χ0v) is 17.2. The maximum absolute atomic E-state index is 13.1. The topological polar surface area (TPSA) is 104 Å². The molecule has 6 heteroatoms. The van der Waals surface area contributed by atoms with Crippen molar-refractivity contribution in [3.63, 3.8) is 0 Å². The van der Waals surface area contributed by atoms with E-state index in [0.29, 0.717) is 12.8 Å². The number of aliphatic hydroxyl groups is 3. The number of Topliss-reactive ketones (excluding diaryl/α,β-unsaturated/α-hetero) is 1. The van der Waals surface area contributed by atoms with Gasteiger partial charge in [-0.25, -0.2) is 4.79 Å². The van der Waals surface area contributed by atoms with Gasteiger partial charge in [-0.3, -0.25) is 4.79 Å². The summed E-state index contributed by atoms with van der Waals surface area (Å²) in [4.78, 5) is 25.2. The van der Waals surface area contributed by atoms with Gasteiger partial charge in [0.15, 0.2) is 0 Å². The van der Waals surface area contributed by atoms with Gasteiger partial charge in [-0.15, -0.1) is 6.58 Å². The molecule has 3 saturated carbocycles. The van der Waals surface area contributed by atoms with Gasteiger partial charge in [-0.1, -0.05) is 26.8 Å². The third-order valence-electron chi connectivity index (χ3n) is 8.79. The van der Waals surface area contributed by atoms with E-state index in [1.165, 1.54) is 0 Å². The van der Waals surface area contributed by atoms with Gasteiger partial charge in [0.1, 0.15) is 18.5 Å². The highest BCUT2D eigenvalue weighted by Gasteiger charge is 2.68. The predicted molar refractivity (Wildman–Crippen MR) is 103 cm³/mol. The van der Waals surface area contributed by atoms with Crippen molar-refractivity contribution in [2.45, 2.75) is 65.1 Å². The molecule has 158 valence electrons. The van der Waals surface area contributed by atoms with E-state index in [-0.39, 0.29) is 42.0 Å². The summed E-state index contributed by atoms with van der Waals surface area (Å²) < 4.78 is 5.72. The molecule has 0 spiro atoms. The van der Waals surface area contributed by atoms with Crippen molar-refractivity contribution in [1.29, 1.82) is 0 Å². The van der Waals surface area contributed by atoms with Gasteiger partial charge in [0.2, 0.25) is 0 Å². The number of carbonyl (C=O) groups is 2. The molecule has 0 aromatic heterocycles. The molecule has 0 aliphatic heterocycles. The molecule has 0 aromatic carbocycles. The third kappa shape index (κ3) is 2.71. The molecule has 0 saturated heterocycles. The van der Waals surface area contributed by atoms with Crippen LogP contribution in [-0.2, 0) is 14.3 Å². The summed E-state index contributed by atoms with van der Waals surface area (Å²) in [5.41, 5.74) is -2.05. The monoisotopic (exact) mass is 394 g/mol. The predicted octanol–water partition coefficient (Wildman–Crippen LogP) is 1.86. The fourth-order valence-corrected chi connectivity index (χ4v) is 6.79. The van der Waals surface area contributed by atoms with E-state index in [1.807, 2.05) is 13.8 Å². The maximum atomic E-state index is 13.1. The summed E-state index contributed by atoms with van der Waals surface area (Å²) in [7, 11) is 0. The molecule has 3 aliphatic carbocycles. The van der Waals surface area contributed by atoms with Crippen LogP contribution < -0.4 is 0 Å². The SMILES string of the molecule is C=C[C@]1(CO)C[C@@H](OC(=O)CO)[C@@]2(C)C3C(=O)CCC3(CC[C@H]2C)[C@H](C)[C@@H]1O. The van der Waals surface area contributed by atoms with Gasteiger partial charge in [-0.2, -0.15) is 0 Å². The fourth-order valence-electron chi connectivity index (χ4n) is 6.79. The highest BCUT2D eigenvalue weighted by molar-refractivity contribution is 5.85. The standard InChI is InChI=1S/C22H34O6/c1-5-21(12-24)10-16(28-17(26)11-23)20(4)13(2)6-8-22(14(3)19(21)27)9-7-15(25)18(20)22/h5,13-14,16,18-19,23-24,27H,1,6-12H2,2-4H3/t13-,14-,16-,18?,19+,20+,21-,22?/m1/s1. The number of carbonyl (C=O) groups excluding carboxylic acids is 2. The van der Waals surface area contributed by atoms with Crippen molar-refractivity contribution < 1.29 is 29.6 Å². The summed E-state index contributed by atoms with van der Waals surface area (Å²) >= 11 is 0. The van der Waals surface area contributed by atoms with E-state index in [0.717, 1.165) is 12.8 Å². The zero-order chi connectivity index (χ0) is 20.9. The molecule has 2 bridgehead atoms. The summed E-state index contributed by atoms with van der Waals surface area (Å²) in [6, 6.07) is 0. The number of ether oxygens (including phenoxy) is 1. The minimum absolute atomic E-state index is 0.118. The van der Waals surface area contributed by atoms with Crippen molar-refractivity contribution in [1.82, 2.24) is 0 Å². The molecule has 3 fully saturated rings. The number of aliphatic hydroxyl groups excluding tert-OH is 3. The van der Waals surface area contributed by atoms with Crippen molar-refractivity contribution in [2.75, 3.05) is 13.2 Å². The lowest BCUT2D eigenvalue weighted by Gasteiger charge is -2.62. The first-order valence-electron chi connectivity index (χ1n) is 10.4. The lowest BCUT2D eigenvalue weighted by Crippen LogP contribution is -2.64. The Hall–Kier alpha value is -1.24. The van der Waals surface area contributed by atoms with Crippen LogP contribution in [0.25, 0.3) is 0 Å². The molecule has 0 radical (unpaired) electrons. The molecule has 0 heterocycles. The van der Waals surface area contributed by atoms with Gasteiger partial charge >= 0.3 is 5.97 Å². The van der Waals surface area contributed by atoms with Gasteiger partial charge in [0.25, 0.3) is 0 Å². The second-order valence-electron chi connectivity index (χ2n) is 9.61. The van der Waals surface area contributed by atoms with Crippen LogP contribution in [0.15, 0.2) is 12.7 Å². The molecule has 28 heavy (non-hydrogen) atoms. The zero-order valence-electron chi connectivity index (χ0n) is 17.2. The minimum Gasteiger partial charge on any atom is -0.460 e. The molecule has 0 amide bonds. The van der Waals surface area contributed by atoms with Crippen molar-refractivity contribution >= 4 is 11.8 Å². The van der Waals surface area contributed by atoms with Gasteiger partial charge < -0.3 is 20.1 Å². The lowest BCUT2D eigenvalue weighted by molar-refractivity contribution is -0.212. The summed E-state index contributed by atoms with van der Waals surface area (Å²) in [6.45, 7) is 8.90. The molecule has 3 aliphatic rings. The van der Waals surface area contributed by atoms with Crippen LogP contribution in [-0.4, -0.2) is 52.5 Å². The Morgan fingerprint density at radius 1 is 1.32 bits per heavy atom. The Balaban J connectivity index is 2.23. The van der Waals surface area contributed by atoms with Crippen LogP contribution in [0.3, 0.4) is 0 Å². The summed E-state index contributed by atoms with van der Waals surface area (Å²) in [5.74, 6) is -0.970. The van der Waals surface area contributed by atoms with Gasteiger partial charge in [0.05, 0.1) is 12.7 Å². The quantitative estimate of drug-likeness (QED) is 0.497. The Bertz CT molecular complexity index is 661. The van der Waals surface area contributed by atoms with Gasteiger partial charge in [-0.05, 0) is 42.9 Å². The minimum atomic E-state index is -1.04. The number of hydrogen-bond acceptors (Lipinski definition) is 6. The van der Waals surface area contributed by atoms with Crippen LogP contribution in [0.4, 0.5) is 0 Å². The first kappa shape index (κ1) is 21.5. The molecule has 2 unspecified atom stereocenters. The third-order valence-corrected chi connectivity index (χ3v) is 8.79. The van der Waals surface area contributed by atoms with Crippen LogP contribution in [0.5, 0.6) is 0 Å². The second-order valence-corrected chi connectivity index (χ2v) is 9.61. The maximum Gasteiger partial charge on any atom is 0.332 e. The van der Waals surface area contributed by atoms with Crippen LogP contribution >= 0.6 is 0 Å². The molecule has 0 aromatic rings. The first-order chi connectivity index (χ1) is 13.1. The molecule has 3 N–H and O–H groups in total. The molecule has 3 rings (SSSR count). The number of esters is 1. The molecular weight excluding hydrogens is 360 g/mol. The van der Waals surface area contributed by atoms with E-state index in [1.54, 1.807) is 6.08 Å². The Kier molecular flexibility index (Phi) is 5.54. The van der Waals surface area contributed by atoms with E-state index in [4.69, 9.17) is 4.74 Å². The molecular formula is C22H34O6. The molecule has 6 nitrogen and oxygen atoms in total. The van der Waals surface area contributed by atoms with Gasteiger partial charge in [0, 0.05) is 23.2 Å². The number of hydrogen-bond donors (Lipinski definition) is 3. The largest absolute Gasteiger partial charge is 0.460 e. The van der Waals surface area contributed by atoms with Crippen LogP contribution in [0.1, 0.15) is 52.9 Å². The highest BCUT2D eigenvalue weighted by Crippen LogP contribution is 2.67. The normalized spacial score (nSPS) is 48.4. The molecule has 8 atom stereocenters. The van der Waals surface area contributed by atoms with Crippen molar-refractivity contribution in [3.05, 3.63) is 12.7 Å². The first-order valence-corrected chi connectivity index (χ1v) is 10.4. The Labute approximate surface area is 167 Å². The smallest absolute Gasteiger partial charge is 0.332 e. The van der Waals surface area contributed by atoms with E-state index >= 15 is 0 Å². The fraction of sp³-hybridized carbons (Fsp3) is 0.818. The summed E-state index contributed by atoms with van der Waals surface area (Å²) in [5, 5.41) is 30.9. The second kappa shape index (κ2) is 7.22. The average molecular weight is 395 g/mol. The Morgan fingerprint density at radius 3 is 2.57 bits per heavy atom. The van der Waals surface area contributed by atoms with E-state index < -0.39 is 35.6 Å². The highest BCUT2D eigenvalue weighted by atomic mass is 16.6. The number of rotatable bonds is 4. The van der Waals surface area contributed by atoms with Crippen molar-refractivity contribution in [3.8, 4) is 0 Å². The van der Waals surface area contributed by atoms with E-state index in [2.05, 4.69) is 13.5 Å². The Morgan fingerprint density at radius 2 is 2.00 bits per heavy atom. The lowest BCUT2D eigenvalue weighted by atomic mass is 9.43.